The van der Waals surface area contributed by atoms with Crippen molar-refractivity contribution in [3.05, 3.63) is 64.9 Å². The largest absolute Gasteiger partial charge is 0.482 e. The van der Waals surface area contributed by atoms with Gasteiger partial charge in [0, 0.05) is 10.6 Å². The molecule has 0 bridgehead atoms. The molecule has 0 aliphatic heterocycles. The Kier molecular flexibility index (Phi) is 3.95. The van der Waals surface area contributed by atoms with Gasteiger partial charge in [0.25, 0.3) is 0 Å². The van der Waals surface area contributed by atoms with Crippen molar-refractivity contribution in [2.45, 2.75) is 0 Å². The van der Waals surface area contributed by atoms with Gasteiger partial charge in [-0.3, -0.25) is 4.79 Å². The first kappa shape index (κ1) is 12.6. The van der Waals surface area contributed by atoms with Gasteiger partial charge in [-0.1, -0.05) is 35.9 Å². The molecule has 0 atom stereocenters. The third kappa shape index (κ3) is 3.08. The molecule has 0 unspecified atom stereocenters. The molecule has 2 aromatic rings. The normalized spacial score (nSPS) is 10.1. The van der Waals surface area contributed by atoms with Crippen LogP contribution in [0.4, 0.5) is 4.39 Å². The van der Waals surface area contributed by atoms with Crippen LogP contribution in [0.15, 0.2) is 48.5 Å². The highest BCUT2D eigenvalue weighted by Gasteiger charge is 2.09. The number of rotatable bonds is 4. The Hall–Kier alpha value is -1.87. The van der Waals surface area contributed by atoms with E-state index in [0.717, 1.165) is 0 Å². The molecular formula is C14H10ClFO2. The number of halogens is 2. The van der Waals surface area contributed by atoms with Crippen LogP contribution in [0.2, 0.25) is 5.02 Å². The van der Waals surface area contributed by atoms with Crippen LogP contribution >= 0.6 is 11.6 Å². The van der Waals surface area contributed by atoms with Crippen molar-refractivity contribution >= 4 is 17.4 Å². The van der Waals surface area contributed by atoms with Gasteiger partial charge in [0.1, 0.15) is 0 Å². The second-order valence-corrected chi connectivity index (χ2v) is 4.09. The van der Waals surface area contributed by atoms with E-state index in [2.05, 4.69) is 0 Å². The van der Waals surface area contributed by atoms with Crippen molar-refractivity contribution in [1.82, 2.24) is 0 Å². The van der Waals surface area contributed by atoms with E-state index < -0.39 is 5.82 Å². The lowest BCUT2D eigenvalue weighted by molar-refractivity contribution is 0.0919. The van der Waals surface area contributed by atoms with Crippen molar-refractivity contribution in [1.29, 1.82) is 0 Å². The fourth-order valence-electron chi connectivity index (χ4n) is 1.45. The van der Waals surface area contributed by atoms with Crippen LogP contribution < -0.4 is 4.74 Å². The molecule has 4 heteroatoms. The minimum atomic E-state index is -0.489. The van der Waals surface area contributed by atoms with Gasteiger partial charge in [-0.05, 0) is 24.3 Å². The van der Waals surface area contributed by atoms with Crippen molar-refractivity contribution in [3.8, 4) is 5.75 Å². The lowest BCUT2D eigenvalue weighted by Crippen LogP contribution is -2.12. The Morgan fingerprint density at radius 2 is 1.94 bits per heavy atom. The highest BCUT2D eigenvalue weighted by Crippen LogP contribution is 2.16. The average Bonchev–Trinajstić information content (AvgIpc) is 2.37. The molecule has 0 fully saturated rings. The lowest BCUT2D eigenvalue weighted by atomic mass is 10.1. The van der Waals surface area contributed by atoms with Gasteiger partial charge in [0.15, 0.2) is 24.0 Å². The SMILES string of the molecule is O=C(COc1ccccc1F)c1cccc(Cl)c1. The predicted octanol–water partition coefficient (Wildman–Crippen LogP) is 3.74. The van der Waals surface area contributed by atoms with E-state index in [1.165, 1.54) is 12.1 Å². The monoisotopic (exact) mass is 264 g/mol. The number of benzene rings is 2. The van der Waals surface area contributed by atoms with Crippen LogP contribution in [-0.2, 0) is 0 Å². The molecule has 92 valence electrons. The molecule has 0 heterocycles. The number of hydrogen-bond donors (Lipinski definition) is 0. The molecule has 0 radical (unpaired) electrons. The average molecular weight is 265 g/mol. The summed E-state index contributed by atoms with van der Waals surface area (Å²) in [5.74, 6) is -0.676. The van der Waals surface area contributed by atoms with E-state index in [4.69, 9.17) is 16.3 Å². The first-order valence-electron chi connectivity index (χ1n) is 5.33. The number of Topliss-reactive ketones (excluding diaryl/α,β-unsaturated/α-hetero) is 1. The fourth-order valence-corrected chi connectivity index (χ4v) is 1.64. The Labute approximate surface area is 109 Å². The molecule has 2 aromatic carbocycles. The van der Waals surface area contributed by atoms with E-state index in [1.54, 1.807) is 36.4 Å². The molecule has 0 aliphatic carbocycles. The second kappa shape index (κ2) is 5.65. The predicted molar refractivity (Wildman–Crippen MR) is 67.7 cm³/mol. The molecule has 0 spiro atoms. The van der Waals surface area contributed by atoms with Crippen molar-refractivity contribution in [2.24, 2.45) is 0 Å². The van der Waals surface area contributed by atoms with E-state index in [-0.39, 0.29) is 18.1 Å². The smallest absolute Gasteiger partial charge is 0.200 e. The number of hydrogen-bond acceptors (Lipinski definition) is 2. The van der Waals surface area contributed by atoms with Gasteiger partial charge in [-0.25, -0.2) is 4.39 Å². The van der Waals surface area contributed by atoms with E-state index in [0.29, 0.717) is 10.6 Å². The third-order valence-electron chi connectivity index (χ3n) is 2.34. The number of ketones is 1. The zero-order valence-corrected chi connectivity index (χ0v) is 10.2. The van der Waals surface area contributed by atoms with Crippen molar-refractivity contribution in [3.63, 3.8) is 0 Å². The maximum absolute atomic E-state index is 13.2. The van der Waals surface area contributed by atoms with Crippen LogP contribution in [-0.4, -0.2) is 12.4 Å². The molecule has 0 aliphatic rings. The number of ether oxygens (including phenoxy) is 1. The van der Waals surface area contributed by atoms with E-state index in [1.807, 2.05) is 0 Å². The van der Waals surface area contributed by atoms with Gasteiger partial charge in [-0.15, -0.1) is 0 Å². The molecular weight excluding hydrogens is 255 g/mol. The summed E-state index contributed by atoms with van der Waals surface area (Å²) < 4.78 is 18.4. The van der Waals surface area contributed by atoms with Gasteiger partial charge in [0.2, 0.25) is 0 Å². The van der Waals surface area contributed by atoms with Gasteiger partial charge >= 0.3 is 0 Å². The molecule has 18 heavy (non-hydrogen) atoms. The zero-order valence-electron chi connectivity index (χ0n) is 9.40. The Bertz CT molecular complexity index is 569. The first-order chi connectivity index (χ1) is 8.66. The van der Waals surface area contributed by atoms with Crippen LogP contribution in [0.1, 0.15) is 10.4 Å². The van der Waals surface area contributed by atoms with Crippen molar-refractivity contribution in [2.75, 3.05) is 6.61 Å². The van der Waals surface area contributed by atoms with E-state index >= 15 is 0 Å². The number of carbonyl (C=O) groups excluding carboxylic acids is 1. The summed E-state index contributed by atoms with van der Waals surface area (Å²) in [6.45, 7) is -0.221. The zero-order chi connectivity index (χ0) is 13.0. The van der Waals surface area contributed by atoms with Crippen LogP contribution in [0, 0.1) is 5.82 Å². The van der Waals surface area contributed by atoms with Gasteiger partial charge in [-0.2, -0.15) is 0 Å². The summed E-state index contributed by atoms with van der Waals surface area (Å²) in [4.78, 5) is 11.8. The molecule has 2 rings (SSSR count). The number of carbonyl (C=O) groups is 1. The maximum atomic E-state index is 13.2. The molecule has 2 nitrogen and oxygen atoms in total. The summed E-state index contributed by atoms with van der Waals surface area (Å²) in [5, 5.41) is 0.478. The topological polar surface area (TPSA) is 26.3 Å². The van der Waals surface area contributed by atoms with Crippen LogP contribution in [0.3, 0.4) is 0 Å². The summed E-state index contributed by atoms with van der Waals surface area (Å²) in [7, 11) is 0. The molecule has 0 saturated carbocycles. The molecule has 0 amide bonds. The minimum Gasteiger partial charge on any atom is -0.482 e. The summed E-state index contributed by atoms with van der Waals surface area (Å²) in [6, 6.07) is 12.5. The first-order valence-corrected chi connectivity index (χ1v) is 5.71. The summed E-state index contributed by atoms with van der Waals surface area (Å²) in [5.41, 5.74) is 0.443. The quantitative estimate of drug-likeness (QED) is 0.787. The minimum absolute atomic E-state index is 0.0629. The van der Waals surface area contributed by atoms with Crippen LogP contribution in [0.5, 0.6) is 5.75 Å². The highest BCUT2D eigenvalue weighted by molar-refractivity contribution is 6.31. The lowest BCUT2D eigenvalue weighted by Gasteiger charge is -2.06. The van der Waals surface area contributed by atoms with Gasteiger partial charge in [0.05, 0.1) is 0 Å². The Balaban J connectivity index is 2.03. The number of para-hydroxylation sites is 1. The maximum Gasteiger partial charge on any atom is 0.200 e. The fraction of sp³-hybridized carbons (Fsp3) is 0.0714. The standard InChI is InChI=1S/C14H10ClFO2/c15-11-5-3-4-10(8-11)13(17)9-18-14-7-2-1-6-12(14)16/h1-8H,9H2. The molecule has 0 aromatic heterocycles. The van der Waals surface area contributed by atoms with Crippen molar-refractivity contribution < 1.29 is 13.9 Å². The van der Waals surface area contributed by atoms with Gasteiger partial charge < -0.3 is 4.74 Å². The Morgan fingerprint density at radius 1 is 1.17 bits per heavy atom. The summed E-state index contributed by atoms with van der Waals surface area (Å²) >= 11 is 5.78. The van der Waals surface area contributed by atoms with E-state index in [9.17, 15) is 9.18 Å². The second-order valence-electron chi connectivity index (χ2n) is 3.65. The third-order valence-corrected chi connectivity index (χ3v) is 2.58. The summed E-state index contributed by atoms with van der Waals surface area (Å²) in [6.07, 6.45) is 0. The molecule has 0 N–H and O–H groups in total. The molecule has 0 saturated heterocycles. The Morgan fingerprint density at radius 3 is 2.67 bits per heavy atom. The highest BCUT2D eigenvalue weighted by atomic mass is 35.5. The van der Waals surface area contributed by atoms with Crippen LogP contribution in [0.25, 0.3) is 0 Å².